The maximum atomic E-state index is 12.5. The molecule has 1 fully saturated rings. The molecule has 3 aromatic rings. The predicted molar refractivity (Wildman–Crippen MR) is 139 cm³/mol. The highest BCUT2D eigenvalue weighted by molar-refractivity contribution is 5.94. The molecule has 2 aromatic carbocycles. The lowest BCUT2D eigenvalue weighted by molar-refractivity contribution is -0.118. The molecular weight excluding hydrogens is 458 g/mol. The molecule has 1 saturated heterocycles. The van der Waals surface area contributed by atoms with Crippen molar-refractivity contribution in [1.29, 1.82) is 0 Å². The van der Waals surface area contributed by atoms with Crippen molar-refractivity contribution in [3.8, 4) is 11.5 Å². The number of likely N-dealkylation sites (N-methyl/N-ethyl adjacent to an activating group) is 1. The van der Waals surface area contributed by atoms with Crippen molar-refractivity contribution in [3.05, 3.63) is 78.0 Å². The number of aromatic nitrogens is 1. The molecular formula is C27H31N5O4. The minimum Gasteiger partial charge on any atom is -0.497 e. The van der Waals surface area contributed by atoms with Gasteiger partial charge in [-0.2, -0.15) is 0 Å². The number of piperazine rings is 1. The van der Waals surface area contributed by atoms with Gasteiger partial charge >= 0.3 is 0 Å². The Bertz CT molecular complexity index is 1160. The van der Waals surface area contributed by atoms with Gasteiger partial charge in [0.15, 0.2) is 6.61 Å². The summed E-state index contributed by atoms with van der Waals surface area (Å²) in [6, 6.07) is 17.7. The Kier molecular flexibility index (Phi) is 8.36. The van der Waals surface area contributed by atoms with Gasteiger partial charge in [-0.25, -0.2) is 4.98 Å². The van der Waals surface area contributed by atoms with E-state index < -0.39 is 0 Å². The summed E-state index contributed by atoms with van der Waals surface area (Å²) >= 11 is 0. The maximum absolute atomic E-state index is 12.5. The molecule has 0 aliphatic carbocycles. The molecule has 2 heterocycles. The van der Waals surface area contributed by atoms with E-state index in [9.17, 15) is 9.59 Å². The lowest BCUT2D eigenvalue weighted by atomic mass is 10.2. The van der Waals surface area contributed by atoms with Crippen molar-refractivity contribution in [1.82, 2.24) is 15.2 Å². The molecule has 1 aromatic heterocycles. The van der Waals surface area contributed by atoms with Crippen LogP contribution in [0.2, 0.25) is 0 Å². The number of carbonyl (C=O) groups is 2. The van der Waals surface area contributed by atoms with Crippen molar-refractivity contribution in [3.63, 3.8) is 0 Å². The molecule has 0 atom stereocenters. The Balaban J connectivity index is 1.21. The lowest BCUT2D eigenvalue weighted by Crippen LogP contribution is -2.44. The molecule has 4 rings (SSSR count). The van der Waals surface area contributed by atoms with Crippen LogP contribution in [-0.4, -0.2) is 68.6 Å². The zero-order valence-electron chi connectivity index (χ0n) is 20.6. The first-order chi connectivity index (χ1) is 17.5. The third kappa shape index (κ3) is 6.96. The molecule has 2 amide bonds. The zero-order valence-corrected chi connectivity index (χ0v) is 20.6. The van der Waals surface area contributed by atoms with Crippen LogP contribution in [0.4, 0.5) is 11.5 Å². The van der Waals surface area contributed by atoms with Crippen LogP contribution in [0.15, 0.2) is 66.9 Å². The van der Waals surface area contributed by atoms with Crippen LogP contribution in [0.5, 0.6) is 11.5 Å². The summed E-state index contributed by atoms with van der Waals surface area (Å²) in [5.41, 5.74) is 2.06. The molecule has 0 saturated carbocycles. The molecule has 36 heavy (non-hydrogen) atoms. The summed E-state index contributed by atoms with van der Waals surface area (Å²) in [7, 11) is 3.69. The Morgan fingerprint density at radius 3 is 2.44 bits per heavy atom. The maximum Gasteiger partial charge on any atom is 0.262 e. The normalized spacial score (nSPS) is 13.7. The highest BCUT2D eigenvalue weighted by atomic mass is 16.5. The summed E-state index contributed by atoms with van der Waals surface area (Å²) in [5.74, 6) is 1.63. The van der Waals surface area contributed by atoms with E-state index in [1.807, 2.05) is 12.1 Å². The smallest absolute Gasteiger partial charge is 0.262 e. The van der Waals surface area contributed by atoms with E-state index in [1.54, 1.807) is 61.8 Å². The number of nitrogens with zero attached hydrogens (tertiary/aromatic N) is 3. The number of anilines is 2. The summed E-state index contributed by atoms with van der Waals surface area (Å²) in [5, 5.41) is 5.67. The first-order valence-electron chi connectivity index (χ1n) is 11.8. The highest BCUT2D eigenvalue weighted by Gasteiger charge is 2.15. The van der Waals surface area contributed by atoms with Gasteiger partial charge in [0.2, 0.25) is 0 Å². The number of benzene rings is 2. The average Bonchev–Trinajstić information content (AvgIpc) is 2.92. The molecule has 9 nitrogen and oxygen atoms in total. The molecule has 0 bridgehead atoms. The van der Waals surface area contributed by atoms with Gasteiger partial charge in [-0.15, -0.1) is 0 Å². The van der Waals surface area contributed by atoms with E-state index in [0.717, 1.165) is 37.6 Å². The van der Waals surface area contributed by atoms with Crippen molar-refractivity contribution < 1.29 is 19.1 Å². The van der Waals surface area contributed by atoms with Crippen LogP contribution in [0.1, 0.15) is 15.9 Å². The second-order valence-corrected chi connectivity index (χ2v) is 8.59. The van der Waals surface area contributed by atoms with E-state index in [-0.39, 0.29) is 18.4 Å². The Hall–Kier alpha value is -4.11. The van der Waals surface area contributed by atoms with E-state index >= 15 is 0 Å². The Morgan fingerprint density at radius 2 is 1.75 bits per heavy atom. The number of methoxy groups -OCH3 is 1. The Labute approximate surface area is 211 Å². The first-order valence-corrected chi connectivity index (χ1v) is 11.8. The molecule has 1 aliphatic rings. The average molecular weight is 490 g/mol. The van der Waals surface area contributed by atoms with Crippen LogP contribution < -0.4 is 25.0 Å². The second-order valence-electron chi connectivity index (χ2n) is 8.59. The lowest BCUT2D eigenvalue weighted by Gasteiger charge is -2.33. The van der Waals surface area contributed by atoms with Gasteiger partial charge in [0.1, 0.15) is 17.3 Å². The van der Waals surface area contributed by atoms with Gasteiger partial charge in [-0.3, -0.25) is 9.59 Å². The number of pyridine rings is 1. The van der Waals surface area contributed by atoms with Crippen LogP contribution in [-0.2, 0) is 11.3 Å². The largest absolute Gasteiger partial charge is 0.497 e. The van der Waals surface area contributed by atoms with Gasteiger partial charge in [0, 0.05) is 56.2 Å². The van der Waals surface area contributed by atoms with Crippen LogP contribution in [0.25, 0.3) is 0 Å². The van der Waals surface area contributed by atoms with E-state index in [2.05, 4.69) is 32.5 Å². The third-order valence-corrected chi connectivity index (χ3v) is 5.93. The van der Waals surface area contributed by atoms with Crippen LogP contribution >= 0.6 is 0 Å². The van der Waals surface area contributed by atoms with Gasteiger partial charge in [-0.1, -0.05) is 12.1 Å². The number of carbonyl (C=O) groups excluding carboxylic acids is 2. The fourth-order valence-corrected chi connectivity index (χ4v) is 3.78. The minimum absolute atomic E-state index is 0.153. The first kappa shape index (κ1) is 25.0. The fraction of sp³-hybridized carbons (Fsp3) is 0.296. The van der Waals surface area contributed by atoms with E-state index in [0.29, 0.717) is 29.3 Å². The second kappa shape index (κ2) is 12.0. The Morgan fingerprint density at radius 1 is 0.972 bits per heavy atom. The standard InChI is InChI=1S/C27H31N5O4/c1-31-12-14-32(15-13-31)25-11-6-20(17-28-25)18-29-27(34)21-7-9-23(10-8-21)36-19-26(33)30-22-4-3-5-24(16-22)35-2/h3-11,16-17H,12-15,18-19H2,1-2H3,(H,29,34)(H,30,33). The van der Waals surface area contributed by atoms with Crippen molar-refractivity contribution in [2.75, 3.05) is 57.2 Å². The van der Waals surface area contributed by atoms with Gasteiger partial charge in [-0.05, 0) is 55.1 Å². The summed E-state index contributed by atoms with van der Waals surface area (Å²) in [6.07, 6.45) is 1.81. The number of amides is 2. The SMILES string of the molecule is COc1cccc(NC(=O)COc2ccc(C(=O)NCc3ccc(N4CCN(C)CC4)nc3)cc2)c1. The fourth-order valence-electron chi connectivity index (χ4n) is 3.78. The highest BCUT2D eigenvalue weighted by Crippen LogP contribution is 2.17. The van der Waals surface area contributed by atoms with Crippen molar-refractivity contribution in [2.24, 2.45) is 0 Å². The number of hydrogen-bond donors (Lipinski definition) is 2. The van der Waals surface area contributed by atoms with Gasteiger partial charge in [0.05, 0.1) is 7.11 Å². The van der Waals surface area contributed by atoms with Crippen molar-refractivity contribution in [2.45, 2.75) is 6.54 Å². The molecule has 2 N–H and O–H groups in total. The van der Waals surface area contributed by atoms with Crippen molar-refractivity contribution >= 4 is 23.3 Å². The zero-order chi connectivity index (χ0) is 25.3. The number of nitrogens with one attached hydrogen (secondary N) is 2. The monoisotopic (exact) mass is 489 g/mol. The summed E-state index contributed by atoms with van der Waals surface area (Å²) in [6.45, 7) is 4.22. The van der Waals surface area contributed by atoms with E-state index in [1.165, 1.54) is 0 Å². The quantitative estimate of drug-likeness (QED) is 0.477. The number of ether oxygens (including phenoxy) is 2. The van der Waals surface area contributed by atoms with Crippen LogP contribution in [0, 0.1) is 0 Å². The topological polar surface area (TPSA) is 96.0 Å². The predicted octanol–water partition coefficient (Wildman–Crippen LogP) is 2.79. The van der Waals surface area contributed by atoms with E-state index in [4.69, 9.17) is 9.47 Å². The third-order valence-electron chi connectivity index (χ3n) is 5.93. The molecule has 1 aliphatic heterocycles. The van der Waals surface area contributed by atoms with Gasteiger partial charge in [0.25, 0.3) is 11.8 Å². The summed E-state index contributed by atoms with van der Waals surface area (Å²) < 4.78 is 10.7. The molecule has 0 radical (unpaired) electrons. The molecule has 188 valence electrons. The molecule has 0 unspecified atom stereocenters. The number of hydrogen-bond acceptors (Lipinski definition) is 7. The molecule has 0 spiro atoms. The minimum atomic E-state index is -0.294. The van der Waals surface area contributed by atoms with Gasteiger partial charge < -0.3 is 29.9 Å². The van der Waals surface area contributed by atoms with Crippen LogP contribution in [0.3, 0.4) is 0 Å². The summed E-state index contributed by atoms with van der Waals surface area (Å²) in [4.78, 5) is 33.8. The molecule has 9 heteroatoms. The number of rotatable bonds is 9.